The maximum atomic E-state index is 13.3. The van der Waals surface area contributed by atoms with Gasteiger partial charge in [0.2, 0.25) is 5.43 Å². The lowest BCUT2D eigenvalue weighted by Gasteiger charge is -2.14. The molecule has 0 aliphatic rings. The van der Waals surface area contributed by atoms with E-state index in [-0.39, 0.29) is 22.9 Å². The third kappa shape index (κ3) is 4.52. The molecule has 134 valence electrons. The molecule has 2 aromatic rings. The van der Waals surface area contributed by atoms with Gasteiger partial charge in [0.1, 0.15) is 23.9 Å². The largest absolute Gasteiger partial charge is 0.491 e. The molecule has 6 nitrogen and oxygen atoms in total. The molecule has 2 rings (SSSR count). The zero-order chi connectivity index (χ0) is 18.6. The molecular formula is C16H15F3N2O4. The van der Waals surface area contributed by atoms with Gasteiger partial charge in [-0.1, -0.05) is 0 Å². The molecule has 25 heavy (non-hydrogen) atoms. The second-order valence-electron chi connectivity index (χ2n) is 5.00. The highest BCUT2D eigenvalue weighted by Crippen LogP contribution is 2.26. The third-order valence-electron chi connectivity index (χ3n) is 3.21. The van der Waals surface area contributed by atoms with Crippen LogP contribution in [0.25, 0.3) is 0 Å². The Kier molecular flexibility index (Phi) is 5.68. The van der Waals surface area contributed by atoms with Crippen LogP contribution in [-0.4, -0.2) is 30.6 Å². The van der Waals surface area contributed by atoms with Crippen molar-refractivity contribution in [2.75, 3.05) is 19.0 Å². The summed E-state index contributed by atoms with van der Waals surface area (Å²) in [6.45, 7) is -0.951. The fourth-order valence-corrected chi connectivity index (χ4v) is 2.04. The summed E-state index contributed by atoms with van der Waals surface area (Å²) in [5.74, 6) is -1.59. The Morgan fingerprint density at radius 3 is 2.64 bits per heavy atom. The number of carbonyl (C=O) groups is 1. The van der Waals surface area contributed by atoms with E-state index in [1.807, 2.05) is 0 Å². The number of alkyl halides is 2. The number of aromatic nitrogens is 1. The molecule has 1 amide bonds. The van der Waals surface area contributed by atoms with E-state index in [4.69, 9.17) is 9.47 Å². The third-order valence-corrected chi connectivity index (χ3v) is 3.21. The van der Waals surface area contributed by atoms with Crippen LogP contribution in [0.3, 0.4) is 0 Å². The number of nitrogens with one attached hydrogen (secondary N) is 1. The highest BCUT2D eigenvalue weighted by Gasteiger charge is 2.16. The SMILES string of the molecule is COc1cn(C)c(C(=O)Nc2ccc(F)cc2OCC(F)F)cc1=O. The molecule has 1 aromatic carbocycles. The van der Waals surface area contributed by atoms with Crippen molar-refractivity contribution in [2.24, 2.45) is 7.05 Å². The number of ether oxygens (including phenoxy) is 2. The summed E-state index contributed by atoms with van der Waals surface area (Å²) in [5.41, 5.74) is -0.510. The number of rotatable bonds is 6. The first-order valence-corrected chi connectivity index (χ1v) is 7.08. The average molecular weight is 356 g/mol. The van der Waals surface area contributed by atoms with Gasteiger partial charge < -0.3 is 19.4 Å². The number of methoxy groups -OCH3 is 1. The first kappa shape index (κ1) is 18.4. The van der Waals surface area contributed by atoms with E-state index in [1.54, 1.807) is 0 Å². The zero-order valence-corrected chi connectivity index (χ0v) is 13.4. The van der Waals surface area contributed by atoms with Gasteiger partial charge in [-0.2, -0.15) is 0 Å². The lowest BCUT2D eigenvalue weighted by molar-refractivity contribution is 0.0820. The van der Waals surface area contributed by atoms with Crippen molar-refractivity contribution in [3.05, 3.63) is 52.2 Å². The molecular weight excluding hydrogens is 341 g/mol. The maximum absolute atomic E-state index is 13.3. The molecule has 1 aromatic heterocycles. The van der Waals surface area contributed by atoms with Crippen molar-refractivity contribution in [3.8, 4) is 11.5 Å². The van der Waals surface area contributed by atoms with Crippen molar-refractivity contribution in [3.63, 3.8) is 0 Å². The van der Waals surface area contributed by atoms with E-state index in [9.17, 15) is 22.8 Å². The summed E-state index contributed by atoms with van der Waals surface area (Å²) in [6, 6.07) is 4.16. The topological polar surface area (TPSA) is 69.6 Å². The van der Waals surface area contributed by atoms with Crippen molar-refractivity contribution < 1.29 is 27.4 Å². The highest BCUT2D eigenvalue weighted by molar-refractivity contribution is 6.03. The molecule has 1 heterocycles. The summed E-state index contributed by atoms with van der Waals surface area (Å²) >= 11 is 0. The highest BCUT2D eigenvalue weighted by atomic mass is 19.3. The van der Waals surface area contributed by atoms with E-state index in [0.29, 0.717) is 0 Å². The minimum absolute atomic E-state index is 0.00434. The fraction of sp³-hybridized carbons (Fsp3) is 0.250. The lowest BCUT2D eigenvalue weighted by Crippen LogP contribution is -2.22. The smallest absolute Gasteiger partial charge is 0.272 e. The minimum atomic E-state index is -2.76. The quantitative estimate of drug-likeness (QED) is 0.863. The number of hydrogen-bond donors (Lipinski definition) is 1. The van der Waals surface area contributed by atoms with E-state index in [1.165, 1.54) is 31.0 Å². The van der Waals surface area contributed by atoms with E-state index < -0.39 is 30.2 Å². The molecule has 0 fully saturated rings. The van der Waals surface area contributed by atoms with Gasteiger partial charge in [-0.25, -0.2) is 13.2 Å². The normalized spacial score (nSPS) is 10.6. The summed E-state index contributed by atoms with van der Waals surface area (Å²) in [7, 11) is 2.84. The molecule has 0 unspecified atom stereocenters. The van der Waals surface area contributed by atoms with Crippen molar-refractivity contribution >= 4 is 11.6 Å². The molecule has 0 saturated heterocycles. The summed E-state index contributed by atoms with van der Waals surface area (Å²) in [5, 5.41) is 2.41. The summed E-state index contributed by atoms with van der Waals surface area (Å²) in [4.78, 5) is 24.1. The van der Waals surface area contributed by atoms with Gasteiger partial charge in [-0.15, -0.1) is 0 Å². The number of pyridine rings is 1. The Balaban J connectivity index is 2.29. The molecule has 0 atom stereocenters. The number of anilines is 1. The van der Waals surface area contributed by atoms with Crippen LogP contribution >= 0.6 is 0 Å². The zero-order valence-electron chi connectivity index (χ0n) is 13.4. The molecule has 0 aliphatic carbocycles. The summed E-state index contributed by atoms with van der Waals surface area (Å²) < 4.78 is 48.9. The van der Waals surface area contributed by atoms with Gasteiger partial charge in [0, 0.05) is 19.2 Å². The van der Waals surface area contributed by atoms with E-state index in [2.05, 4.69) is 5.32 Å². The van der Waals surface area contributed by atoms with Gasteiger partial charge in [-0.3, -0.25) is 9.59 Å². The first-order valence-electron chi connectivity index (χ1n) is 7.08. The number of carbonyl (C=O) groups excluding carboxylic acids is 1. The molecule has 0 spiro atoms. The molecule has 9 heteroatoms. The van der Waals surface area contributed by atoms with Crippen LogP contribution in [-0.2, 0) is 7.05 Å². The molecule has 1 N–H and O–H groups in total. The van der Waals surface area contributed by atoms with Gasteiger partial charge in [-0.05, 0) is 12.1 Å². The van der Waals surface area contributed by atoms with Crippen LogP contribution in [0.15, 0.2) is 35.3 Å². The number of amides is 1. The monoisotopic (exact) mass is 356 g/mol. The second-order valence-corrected chi connectivity index (χ2v) is 5.00. The van der Waals surface area contributed by atoms with Crippen LogP contribution in [0, 0.1) is 5.82 Å². The molecule has 0 bridgehead atoms. The maximum Gasteiger partial charge on any atom is 0.272 e. The molecule has 0 saturated carbocycles. The Labute approximate surface area is 140 Å². The summed E-state index contributed by atoms with van der Waals surface area (Å²) in [6.07, 6.45) is -1.43. The standard InChI is InChI=1S/C16H15F3N2O4/c1-21-7-14(24-2)12(22)6-11(21)16(23)20-10-4-3-9(17)5-13(10)25-8-15(18)19/h3-7,15H,8H2,1-2H3,(H,20,23). The number of aryl methyl sites for hydroxylation is 1. The van der Waals surface area contributed by atoms with E-state index >= 15 is 0 Å². The van der Waals surface area contributed by atoms with Crippen LogP contribution in [0.4, 0.5) is 18.9 Å². The van der Waals surface area contributed by atoms with Crippen molar-refractivity contribution in [2.45, 2.75) is 6.43 Å². The van der Waals surface area contributed by atoms with Crippen molar-refractivity contribution in [1.29, 1.82) is 0 Å². The minimum Gasteiger partial charge on any atom is -0.491 e. The predicted molar refractivity (Wildman–Crippen MR) is 84.1 cm³/mol. The van der Waals surface area contributed by atoms with Gasteiger partial charge in [0.15, 0.2) is 5.75 Å². The average Bonchev–Trinajstić information content (AvgIpc) is 2.56. The molecule has 0 radical (unpaired) electrons. The van der Waals surface area contributed by atoms with Crippen molar-refractivity contribution in [1.82, 2.24) is 4.57 Å². The number of hydrogen-bond acceptors (Lipinski definition) is 4. The Bertz CT molecular complexity index is 837. The number of nitrogens with zero attached hydrogens (tertiary/aromatic N) is 1. The predicted octanol–water partition coefficient (Wildman–Crippen LogP) is 2.43. The number of halogens is 3. The Hall–Kier alpha value is -2.97. The Morgan fingerprint density at radius 2 is 2.00 bits per heavy atom. The van der Waals surface area contributed by atoms with Crippen LogP contribution in [0.1, 0.15) is 10.5 Å². The fourth-order valence-electron chi connectivity index (χ4n) is 2.04. The first-order chi connectivity index (χ1) is 11.8. The van der Waals surface area contributed by atoms with Gasteiger partial charge in [0.05, 0.1) is 19.0 Å². The van der Waals surface area contributed by atoms with E-state index in [0.717, 1.165) is 18.2 Å². The van der Waals surface area contributed by atoms with Crippen LogP contribution in [0.5, 0.6) is 11.5 Å². The number of benzene rings is 1. The van der Waals surface area contributed by atoms with Gasteiger partial charge >= 0.3 is 0 Å². The van der Waals surface area contributed by atoms with Crippen LogP contribution < -0.4 is 20.2 Å². The second kappa shape index (κ2) is 7.73. The Morgan fingerprint density at radius 1 is 1.28 bits per heavy atom. The molecule has 0 aliphatic heterocycles. The van der Waals surface area contributed by atoms with Gasteiger partial charge in [0.25, 0.3) is 12.3 Å². The lowest BCUT2D eigenvalue weighted by atomic mass is 10.2. The van der Waals surface area contributed by atoms with Crippen LogP contribution in [0.2, 0.25) is 0 Å².